The van der Waals surface area contributed by atoms with Gasteiger partial charge in [-0.2, -0.15) is 0 Å². The standard InChI is InChI=1S/C55H106O7/c1-5-9-13-17-23-31-39-50(40-32-24-18-14-10-6-2)60-53(57)43-35-27-21-29-37-46-55(59-49-52(62-55)45-48-56)47-38-30-22-28-36-44-54(58)61-51(41-33-25-19-15-11-7-3)42-34-26-20-16-12-8-4/h50-52,56H,5-49H2,1-4H3. The van der Waals surface area contributed by atoms with Crippen LogP contribution in [0.1, 0.15) is 304 Å². The number of hydrogen-bond acceptors (Lipinski definition) is 7. The van der Waals surface area contributed by atoms with Gasteiger partial charge in [-0.25, -0.2) is 0 Å². The molecule has 1 heterocycles. The van der Waals surface area contributed by atoms with Gasteiger partial charge in [0.05, 0.1) is 12.7 Å². The molecule has 0 aromatic rings. The van der Waals surface area contributed by atoms with Gasteiger partial charge in [-0.3, -0.25) is 9.59 Å². The predicted molar refractivity (Wildman–Crippen MR) is 262 cm³/mol. The number of unbranched alkanes of at least 4 members (excludes halogenated alkanes) is 28. The average Bonchev–Trinajstić information content (AvgIpc) is 3.67. The molecule has 0 aliphatic carbocycles. The lowest BCUT2D eigenvalue weighted by molar-refractivity contribution is -0.180. The number of aliphatic hydroxyl groups is 1. The zero-order valence-electron chi connectivity index (χ0n) is 41.9. The molecule has 62 heavy (non-hydrogen) atoms. The second-order valence-corrected chi connectivity index (χ2v) is 19.5. The maximum Gasteiger partial charge on any atom is 0.306 e. The summed E-state index contributed by atoms with van der Waals surface area (Å²) in [5.74, 6) is -0.547. The van der Waals surface area contributed by atoms with Gasteiger partial charge in [-0.05, 0) is 83.5 Å². The van der Waals surface area contributed by atoms with E-state index in [-0.39, 0.29) is 36.9 Å². The molecule has 0 aromatic heterocycles. The summed E-state index contributed by atoms with van der Waals surface area (Å²) < 4.78 is 25.0. The lowest BCUT2D eigenvalue weighted by Crippen LogP contribution is -2.31. The Bertz CT molecular complexity index is 875. The van der Waals surface area contributed by atoms with E-state index in [1.165, 1.54) is 154 Å². The first kappa shape index (κ1) is 58.8. The fourth-order valence-corrected chi connectivity index (χ4v) is 9.30. The highest BCUT2D eigenvalue weighted by Gasteiger charge is 2.40. The molecule has 1 aliphatic heterocycles. The van der Waals surface area contributed by atoms with Crippen LogP contribution in [0.25, 0.3) is 0 Å². The maximum atomic E-state index is 12.9. The smallest absolute Gasteiger partial charge is 0.306 e. The number of rotatable bonds is 48. The first-order valence-electron chi connectivity index (χ1n) is 27.7. The lowest BCUT2D eigenvalue weighted by Gasteiger charge is -2.28. The molecule has 0 amide bonds. The second-order valence-electron chi connectivity index (χ2n) is 19.5. The number of ether oxygens (including phenoxy) is 4. The second kappa shape index (κ2) is 43.7. The Morgan fingerprint density at radius 1 is 0.468 bits per heavy atom. The van der Waals surface area contributed by atoms with Gasteiger partial charge < -0.3 is 24.1 Å². The third kappa shape index (κ3) is 35.1. The van der Waals surface area contributed by atoms with E-state index in [1.54, 1.807) is 0 Å². The molecule has 0 bridgehead atoms. The normalized spacial score (nSPS) is 15.0. The highest BCUT2D eigenvalue weighted by atomic mass is 16.7. The molecule has 1 aliphatic rings. The van der Waals surface area contributed by atoms with E-state index < -0.39 is 5.79 Å². The van der Waals surface area contributed by atoms with Crippen molar-refractivity contribution >= 4 is 11.9 Å². The van der Waals surface area contributed by atoms with Crippen LogP contribution in [0, 0.1) is 0 Å². The Balaban J connectivity index is 2.38. The number of carbonyl (C=O) groups excluding carboxylic acids is 2. The summed E-state index contributed by atoms with van der Waals surface area (Å²) in [7, 11) is 0. The van der Waals surface area contributed by atoms with Gasteiger partial charge in [0.2, 0.25) is 0 Å². The van der Waals surface area contributed by atoms with E-state index in [1.807, 2.05) is 0 Å². The fourth-order valence-electron chi connectivity index (χ4n) is 9.30. The molecule has 1 saturated heterocycles. The first-order chi connectivity index (χ1) is 30.4. The van der Waals surface area contributed by atoms with Gasteiger partial charge in [0.1, 0.15) is 12.2 Å². The van der Waals surface area contributed by atoms with Crippen LogP contribution in [-0.4, -0.2) is 54.4 Å². The molecular weight excluding hydrogens is 773 g/mol. The van der Waals surface area contributed by atoms with Crippen LogP contribution in [0.4, 0.5) is 0 Å². The summed E-state index contributed by atoms with van der Waals surface area (Å²) in [6.45, 7) is 9.72. The van der Waals surface area contributed by atoms with Crippen LogP contribution in [0.5, 0.6) is 0 Å². The zero-order valence-corrected chi connectivity index (χ0v) is 41.9. The molecule has 0 spiro atoms. The van der Waals surface area contributed by atoms with Gasteiger partial charge in [0.15, 0.2) is 5.79 Å². The molecule has 0 aromatic carbocycles. The van der Waals surface area contributed by atoms with E-state index in [2.05, 4.69) is 27.7 Å². The number of aliphatic hydroxyl groups excluding tert-OH is 1. The average molecular weight is 879 g/mol. The summed E-state index contributed by atoms with van der Waals surface area (Å²) >= 11 is 0. The van der Waals surface area contributed by atoms with E-state index in [0.29, 0.717) is 25.9 Å². The van der Waals surface area contributed by atoms with Gasteiger partial charge >= 0.3 is 11.9 Å². The Hall–Kier alpha value is -1.18. The van der Waals surface area contributed by atoms with E-state index in [9.17, 15) is 14.7 Å². The highest BCUT2D eigenvalue weighted by molar-refractivity contribution is 5.69. The predicted octanol–water partition coefficient (Wildman–Crippen LogP) is 16.8. The van der Waals surface area contributed by atoms with E-state index in [4.69, 9.17) is 18.9 Å². The van der Waals surface area contributed by atoms with Crippen molar-refractivity contribution in [2.24, 2.45) is 0 Å². The quantitative estimate of drug-likeness (QED) is 0.0481. The first-order valence-corrected chi connectivity index (χ1v) is 27.7. The number of carbonyl (C=O) groups is 2. The van der Waals surface area contributed by atoms with Gasteiger partial charge in [-0.15, -0.1) is 0 Å². The van der Waals surface area contributed by atoms with Crippen molar-refractivity contribution in [2.75, 3.05) is 13.2 Å². The monoisotopic (exact) mass is 879 g/mol. The van der Waals surface area contributed by atoms with Crippen molar-refractivity contribution in [1.29, 1.82) is 0 Å². The topological polar surface area (TPSA) is 91.3 Å². The highest BCUT2D eigenvalue weighted by Crippen LogP contribution is 2.35. The van der Waals surface area contributed by atoms with Crippen LogP contribution in [0.2, 0.25) is 0 Å². The number of esters is 2. The van der Waals surface area contributed by atoms with Gasteiger partial charge in [0, 0.05) is 32.3 Å². The third-order valence-corrected chi connectivity index (χ3v) is 13.4. The molecule has 1 atom stereocenters. The summed E-state index contributed by atoms with van der Waals surface area (Å²) in [5, 5.41) is 9.56. The van der Waals surface area contributed by atoms with Crippen molar-refractivity contribution in [2.45, 2.75) is 328 Å². The third-order valence-electron chi connectivity index (χ3n) is 13.4. The van der Waals surface area contributed by atoms with Crippen LogP contribution in [0.3, 0.4) is 0 Å². The zero-order chi connectivity index (χ0) is 45.0. The Kier molecular flexibility index (Phi) is 41.5. The fraction of sp³-hybridized carbons (Fsp3) is 0.964. The SMILES string of the molecule is CCCCCCCCC(CCCCCCCC)OC(=O)CCCCCCCC1(CCCCCCCC(=O)OC(CCCCCCCC)CCCCCCCC)OCC(CCO)O1. The van der Waals surface area contributed by atoms with Crippen LogP contribution >= 0.6 is 0 Å². The minimum atomic E-state index is -0.546. The molecule has 7 nitrogen and oxygen atoms in total. The largest absolute Gasteiger partial charge is 0.462 e. The van der Waals surface area contributed by atoms with Crippen molar-refractivity contribution in [3.63, 3.8) is 0 Å². The molecule has 1 N–H and O–H groups in total. The van der Waals surface area contributed by atoms with Crippen molar-refractivity contribution in [3.05, 3.63) is 0 Å². The molecule has 7 heteroatoms. The van der Waals surface area contributed by atoms with Gasteiger partial charge in [-0.1, -0.05) is 195 Å². The van der Waals surface area contributed by atoms with Crippen molar-refractivity contribution < 1.29 is 33.6 Å². The molecule has 1 rings (SSSR count). The van der Waals surface area contributed by atoms with Crippen LogP contribution in [-0.2, 0) is 28.5 Å². The van der Waals surface area contributed by atoms with Crippen LogP contribution in [0.15, 0.2) is 0 Å². The molecule has 0 radical (unpaired) electrons. The molecular formula is C55H106O7. The maximum absolute atomic E-state index is 12.9. The van der Waals surface area contributed by atoms with E-state index >= 15 is 0 Å². The van der Waals surface area contributed by atoms with Crippen LogP contribution < -0.4 is 0 Å². The summed E-state index contributed by atoms with van der Waals surface area (Å²) in [6, 6.07) is 0. The minimum absolute atomic E-state index is 0.000207. The summed E-state index contributed by atoms with van der Waals surface area (Å²) in [6.07, 6.45) is 48.6. The van der Waals surface area contributed by atoms with Crippen molar-refractivity contribution in [1.82, 2.24) is 0 Å². The van der Waals surface area contributed by atoms with Crippen molar-refractivity contribution in [3.8, 4) is 0 Å². The molecule has 0 saturated carbocycles. The van der Waals surface area contributed by atoms with E-state index in [0.717, 1.165) is 103 Å². The Morgan fingerprint density at radius 3 is 1.11 bits per heavy atom. The number of hydrogen-bond donors (Lipinski definition) is 1. The lowest BCUT2D eigenvalue weighted by atomic mass is 9.99. The minimum Gasteiger partial charge on any atom is -0.462 e. The molecule has 1 unspecified atom stereocenters. The Morgan fingerprint density at radius 2 is 0.774 bits per heavy atom. The Labute approximate surface area is 385 Å². The molecule has 1 fully saturated rings. The molecule has 368 valence electrons. The summed E-state index contributed by atoms with van der Waals surface area (Å²) in [4.78, 5) is 25.7. The van der Waals surface area contributed by atoms with Gasteiger partial charge in [0.25, 0.3) is 0 Å². The summed E-state index contributed by atoms with van der Waals surface area (Å²) in [5.41, 5.74) is 0.